The van der Waals surface area contributed by atoms with Crippen molar-refractivity contribution >= 4 is 50.4 Å². The van der Waals surface area contributed by atoms with Crippen molar-refractivity contribution in [3.8, 4) is 0 Å². The Balaban J connectivity index is 2.11. The highest BCUT2D eigenvalue weighted by molar-refractivity contribution is 9.11. The highest BCUT2D eigenvalue weighted by Crippen LogP contribution is 2.24. The van der Waals surface area contributed by atoms with Crippen LogP contribution >= 0.6 is 38.9 Å². The maximum Gasteiger partial charge on any atom is 0.276 e. The van der Waals surface area contributed by atoms with Crippen LogP contribution in [0.15, 0.2) is 28.1 Å². The number of hydrogen-bond donors (Lipinski definition) is 1. The van der Waals surface area contributed by atoms with Gasteiger partial charge in [0.15, 0.2) is 0 Å². The minimum Gasteiger partial charge on any atom is -0.365 e. The molecule has 0 spiro atoms. The van der Waals surface area contributed by atoms with Crippen molar-refractivity contribution in [1.82, 2.24) is 4.98 Å². The summed E-state index contributed by atoms with van der Waals surface area (Å²) >= 11 is 10.7. The quantitative estimate of drug-likeness (QED) is 0.513. The van der Waals surface area contributed by atoms with Crippen molar-refractivity contribution in [2.75, 3.05) is 5.32 Å². The second-order valence-electron chi connectivity index (χ2n) is 3.35. The molecular weight excluding hydrogens is 342 g/mol. The van der Waals surface area contributed by atoms with Gasteiger partial charge in [-0.3, -0.25) is 10.1 Å². The first kappa shape index (κ1) is 13.3. The van der Waals surface area contributed by atoms with Crippen LogP contribution in [0.25, 0.3) is 0 Å². The summed E-state index contributed by atoms with van der Waals surface area (Å²) in [6, 6.07) is 6.47. The molecule has 0 aliphatic rings. The highest BCUT2D eigenvalue weighted by atomic mass is 79.9. The first-order chi connectivity index (χ1) is 8.54. The van der Waals surface area contributed by atoms with Crippen LogP contribution in [0.5, 0.6) is 0 Å². The fraction of sp³-hybridized carbons (Fsp3) is 0.100. The first-order valence-corrected chi connectivity index (χ1v) is 6.83. The number of aromatic nitrogens is 1. The second kappa shape index (κ2) is 5.64. The van der Waals surface area contributed by atoms with Crippen molar-refractivity contribution in [2.24, 2.45) is 0 Å². The van der Waals surface area contributed by atoms with Gasteiger partial charge in [-0.05, 0) is 28.1 Å². The lowest BCUT2D eigenvalue weighted by molar-refractivity contribution is -0.384. The Morgan fingerprint density at radius 3 is 2.89 bits per heavy atom. The number of nitrogens with zero attached hydrogens (tertiary/aromatic N) is 2. The summed E-state index contributed by atoms with van der Waals surface area (Å²) in [6.45, 7) is 0.542. The third-order valence-electron chi connectivity index (χ3n) is 2.06. The molecule has 18 heavy (non-hydrogen) atoms. The number of rotatable bonds is 4. The molecule has 0 aromatic carbocycles. The Kier molecular flexibility index (Phi) is 4.15. The molecule has 0 aliphatic carbocycles. The van der Waals surface area contributed by atoms with E-state index in [-0.39, 0.29) is 10.8 Å². The van der Waals surface area contributed by atoms with Gasteiger partial charge in [-0.25, -0.2) is 4.98 Å². The van der Waals surface area contributed by atoms with Crippen molar-refractivity contribution in [3.05, 3.63) is 48.2 Å². The molecular formula is C10H7BrClN3O2S. The van der Waals surface area contributed by atoms with E-state index < -0.39 is 4.92 Å². The number of nitro groups is 1. The minimum atomic E-state index is -0.500. The monoisotopic (exact) mass is 347 g/mol. The van der Waals surface area contributed by atoms with Crippen LogP contribution in [0.3, 0.4) is 0 Å². The third kappa shape index (κ3) is 3.41. The Bertz CT molecular complexity index is 590. The zero-order chi connectivity index (χ0) is 13.1. The van der Waals surface area contributed by atoms with Crippen LogP contribution < -0.4 is 5.32 Å². The highest BCUT2D eigenvalue weighted by Gasteiger charge is 2.10. The van der Waals surface area contributed by atoms with Gasteiger partial charge < -0.3 is 5.32 Å². The Hall–Kier alpha value is -1.18. The van der Waals surface area contributed by atoms with E-state index in [1.807, 2.05) is 12.1 Å². The molecule has 1 N–H and O–H groups in total. The van der Waals surface area contributed by atoms with Gasteiger partial charge in [-0.1, -0.05) is 11.6 Å². The number of hydrogen-bond acceptors (Lipinski definition) is 5. The molecule has 2 heterocycles. The van der Waals surface area contributed by atoms with Crippen molar-refractivity contribution in [3.63, 3.8) is 0 Å². The molecule has 0 fully saturated rings. The second-order valence-corrected chi connectivity index (χ2v) is 6.28. The summed E-state index contributed by atoms with van der Waals surface area (Å²) in [5.74, 6) is 0.388. The van der Waals surface area contributed by atoms with Crippen molar-refractivity contribution < 1.29 is 4.92 Å². The van der Waals surface area contributed by atoms with Crippen molar-refractivity contribution in [2.45, 2.75) is 6.54 Å². The zero-order valence-corrected chi connectivity index (χ0v) is 12.1. The van der Waals surface area contributed by atoms with Gasteiger partial charge >= 0.3 is 0 Å². The van der Waals surface area contributed by atoms with Crippen LogP contribution in [0.4, 0.5) is 11.5 Å². The lowest BCUT2D eigenvalue weighted by Crippen LogP contribution is -2.01. The van der Waals surface area contributed by atoms with E-state index in [2.05, 4.69) is 26.2 Å². The van der Waals surface area contributed by atoms with E-state index in [0.29, 0.717) is 12.4 Å². The molecule has 0 saturated heterocycles. The molecule has 2 rings (SSSR count). The standard InChI is InChI=1S/C10H7BrClN3O2S/c11-8-2-1-7(18-8)5-13-10-4-6(15(16)17)3-9(12)14-10/h1-4H,5H2,(H,13,14). The molecule has 0 saturated carbocycles. The van der Waals surface area contributed by atoms with Crippen LogP contribution in [0, 0.1) is 10.1 Å². The molecule has 8 heteroatoms. The van der Waals surface area contributed by atoms with Gasteiger partial charge in [0.1, 0.15) is 11.0 Å². The molecule has 0 aliphatic heterocycles. The third-order valence-corrected chi connectivity index (χ3v) is 3.88. The number of anilines is 1. The van der Waals surface area contributed by atoms with E-state index in [4.69, 9.17) is 11.6 Å². The molecule has 0 amide bonds. The van der Waals surface area contributed by atoms with Gasteiger partial charge in [-0.15, -0.1) is 11.3 Å². The summed E-state index contributed by atoms with van der Waals surface area (Å²) < 4.78 is 1.03. The lowest BCUT2D eigenvalue weighted by atomic mass is 10.4. The Labute approximate surface area is 120 Å². The first-order valence-electron chi connectivity index (χ1n) is 4.84. The van der Waals surface area contributed by atoms with Crippen LogP contribution in [-0.2, 0) is 6.54 Å². The van der Waals surface area contributed by atoms with E-state index in [1.165, 1.54) is 12.1 Å². The summed E-state index contributed by atoms with van der Waals surface area (Å²) in [4.78, 5) is 15.2. The van der Waals surface area contributed by atoms with Crippen LogP contribution in [0.1, 0.15) is 4.88 Å². The van der Waals surface area contributed by atoms with Crippen molar-refractivity contribution in [1.29, 1.82) is 0 Å². The van der Waals surface area contributed by atoms with E-state index >= 15 is 0 Å². The smallest absolute Gasteiger partial charge is 0.276 e. The molecule has 2 aromatic heterocycles. The average molecular weight is 349 g/mol. The fourth-order valence-electron chi connectivity index (χ4n) is 1.30. The van der Waals surface area contributed by atoms with E-state index in [0.717, 1.165) is 8.66 Å². The Morgan fingerprint density at radius 2 is 2.28 bits per heavy atom. The van der Waals surface area contributed by atoms with Gasteiger partial charge in [0, 0.05) is 4.88 Å². The molecule has 2 aromatic rings. The zero-order valence-electron chi connectivity index (χ0n) is 8.89. The predicted molar refractivity (Wildman–Crippen MR) is 75.2 cm³/mol. The van der Waals surface area contributed by atoms with Gasteiger partial charge in [0.25, 0.3) is 5.69 Å². The Morgan fingerprint density at radius 1 is 1.50 bits per heavy atom. The summed E-state index contributed by atoms with van der Waals surface area (Å²) in [6.07, 6.45) is 0. The minimum absolute atomic E-state index is 0.0788. The number of thiophene rings is 1. The maximum atomic E-state index is 10.7. The molecule has 94 valence electrons. The average Bonchev–Trinajstić information content (AvgIpc) is 2.72. The summed E-state index contributed by atoms with van der Waals surface area (Å²) in [7, 11) is 0. The molecule has 5 nitrogen and oxygen atoms in total. The topological polar surface area (TPSA) is 68.1 Å². The number of halogens is 2. The van der Waals surface area contributed by atoms with Crippen LogP contribution in [-0.4, -0.2) is 9.91 Å². The molecule has 0 bridgehead atoms. The number of nitrogens with one attached hydrogen (secondary N) is 1. The normalized spacial score (nSPS) is 10.3. The molecule has 0 atom stereocenters. The molecule has 0 radical (unpaired) electrons. The fourth-order valence-corrected chi connectivity index (χ4v) is 2.93. The van der Waals surface area contributed by atoms with E-state index in [9.17, 15) is 10.1 Å². The maximum absolute atomic E-state index is 10.7. The SMILES string of the molecule is O=[N+]([O-])c1cc(Cl)nc(NCc2ccc(Br)s2)c1. The number of pyridine rings is 1. The van der Waals surface area contributed by atoms with Gasteiger partial charge in [0.2, 0.25) is 0 Å². The largest absolute Gasteiger partial charge is 0.365 e. The lowest BCUT2D eigenvalue weighted by Gasteiger charge is -2.04. The van der Waals surface area contributed by atoms with Crippen LogP contribution in [0.2, 0.25) is 5.15 Å². The predicted octanol–water partition coefficient (Wildman–Crippen LogP) is 4.08. The summed E-state index contributed by atoms with van der Waals surface area (Å²) in [5, 5.41) is 13.8. The summed E-state index contributed by atoms with van der Waals surface area (Å²) in [5.41, 5.74) is -0.0788. The van der Waals surface area contributed by atoms with E-state index in [1.54, 1.807) is 11.3 Å². The van der Waals surface area contributed by atoms with Gasteiger partial charge in [-0.2, -0.15) is 0 Å². The molecule has 0 unspecified atom stereocenters. The van der Waals surface area contributed by atoms with Gasteiger partial charge in [0.05, 0.1) is 27.4 Å².